The first-order valence-electron chi connectivity index (χ1n) is 4.37. The first kappa shape index (κ1) is 8.75. The van der Waals surface area contributed by atoms with E-state index in [2.05, 4.69) is 6.07 Å². The summed E-state index contributed by atoms with van der Waals surface area (Å²) in [5.74, 6) is 0.718. The van der Waals surface area contributed by atoms with Crippen molar-refractivity contribution in [2.45, 2.75) is 17.7 Å². The summed E-state index contributed by atoms with van der Waals surface area (Å²) in [5, 5.41) is 0. The van der Waals surface area contributed by atoms with Crippen molar-refractivity contribution in [3.8, 4) is 0 Å². The van der Waals surface area contributed by atoms with Crippen molar-refractivity contribution in [1.29, 1.82) is 0 Å². The molecule has 2 nitrogen and oxygen atoms in total. The Kier molecular flexibility index (Phi) is 2.12. The molecule has 0 unspecified atom stereocenters. The molecular weight excluding hydrogens is 184 g/mol. The Morgan fingerprint density at radius 2 is 2.23 bits per heavy atom. The van der Waals surface area contributed by atoms with Crippen LogP contribution in [0.25, 0.3) is 0 Å². The van der Waals surface area contributed by atoms with Gasteiger partial charge < -0.3 is 0 Å². The molecule has 1 aromatic rings. The van der Waals surface area contributed by atoms with Crippen LogP contribution in [0.1, 0.15) is 12.8 Å². The van der Waals surface area contributed by atoms with E-state index in [1.165, 1.54) is 6.07 Å². The first-order valence-corrected chi connectivity index (χ1v) is 6.02. The second-order valence-electron chi connectivity index (χ2n) is 3.46. The van der Waals surface area contributed by atoms with Gasteiger partial charge in [-0.1, -0.05) is 12.1 Å². The zero-order valence-electron chi connectivity index (χ0n) is 7.23. The van der Waals surface area contributed by atoms with Crippen LogP contribution in [0.3, 0.4) is 0 Å². The third-order valence-electron chi connectivity index (χ3n) is 2.19. The van der Waals surface area contributed by atoms with E-state index in [-0.39, 0.29) is 0 Å². The maximum absolute atomic E-state index is 11.7. The van der Waals surface area contributed by atoms with Crippen LogP contribution in [0.15, 0.2) is 29.2 Å². The van der Waals surface area contributed by atoms with E-state index >= 15 is 0 Å². The van der Waals surface area contributed by atoms with Gasteiger partial charge in [-0.05, 0) is 37.0 Å². The molecule has 0 heterocycles. The molecule has 69 valence electrons. The van der Waals surface area contributed by atoms with Gasteiger partial charge in [0.2, 0.25) is 0 Å². The van der Waals surface area contributed by atoms with Gasteiger partial charge in [-0.2, -0.15) is 0 Å². The third-order valence-corrected chi connectivity index (χ3v) is 4.07. The van der Waals surface area contributed by atoms with Crippen LogP contribution in [-0.2, 0) is 9.84 Å². The highest BCUT2D eigenvalue weighted by atomic mass is 32.2. The van der Waals surface area contributed by atoms with Gasteiger partial charge in [0.05, 0.1) is 10.6 Å². The van der Waals surface area contributed by atoms with Gasteiger partial charge in [0.25, 0.3) is 0 Å². The van der Waals surface area contributed by atoms with Gasteiger partial charge in [0.1, 0.15) is 0 Å². The van der Waals surface area contributed by atoms with Crippen LogP contribution in [0.2, 0.25) is 0 Å². The minimum Gasteiger partial charge on any atom is -0.224 e. The van der Waals surface area contributed by atoms with Crippen molar-refractivity contribution < 1.29 is 8.42 Å². The third kappa shape index (κ3) is 2.10. The average Bonchev–Trinajstić information content (AvgIpc) is 2.89. The fourth-order valence-electron chi connectivity index (χ4n) is 1.26. The largest absolute Gasteiger partial charge is 0.224 e. The molecule has 0 aromatic heterocycles. The lowest BCUT2D eigenvalue weighted by Gasteiger charge is -2.01. The van der Waals surface area contributed by atoms with Crippen molar-refractivity contribution in [3.63, 3.8) is 0 Å². The van der Waals surface area contributed by atoms with Crippen LogP contribution in [-0.4, -0.2) is 14.2 Å². The summed E-state index contributed by atoms with van der Waals surface area (Å²) in [5.41, 5.74) is 0. The molecule has 0 atom stereocenters. The lowest BCUT2D eigenvalue weighted by molar-refractivity contribution is 0.592. The van der Waals surface area contributed by atoms with Gasteiger partial charge in [0.15, 0.2) is 9.84 Å². The molecular formula is C10H11O2S. The quantitative estimate of drug-likeness (QED) is 0.735. The molecule has 0 N–H and O–H groups in total. The molecule has 0 bridgehead atoms. The Bertz CT molecular complexity index is 377. The van der Waals surface area contributed by atoms with E-state index in [9.17, 15) is 8.42 Å². The predicted molar refractivity (Wildman–Crippen MR) is 50.1 cm³/mol. The summed E-state index contributed by atoms with van der Waals surface area (Å²) in [6, 6.07) is 9.37. The Hall–Kier alpha value is -0.830. The van der Waals surface area contributed by atoms with Gasteiger partial charge in [0, 0.05) is 0 Å². The van der Waals surface area contributed by atoms with Gasteiger partial charge in [-0.15, -0.1) is 0 Å². The molecule has 1 aliphatic carbocycles. The maximum atomic E-state index is 11.7. The number of benzene rings is 1. The Labute approximate surface area is 78.5 Å². The second-order valence-corrected chi connectivity index (χ2v) is 5.50. The fraction of sp³-hybridized carbons (Fsp3) is 0.400. The molecule has 1 aliphatic rings. The van der Waals surface area contributed by atoms with Crippen molar-refractivity contribution in [2.24, 2.45) is 5.92 Å². The molecule has 2 rings (SSSR count). The molecule has 0 amide bonds. The number of hydrogen-bond acceptors (Lipinski definition) is 2. The van der Waals surface area contributed by atoms with E-state index in [1.807, 2.05) is 0 Å². The molecule has 0 spiro atoms. The SMILES string of the molecule is O=S(=O)(CC1CC1)c1c[c]ccc1. The summed E-state index contributed by atoms with van der Waals surface area (Å²) in [6.07, 6.45) is 2.13. The summed E-state index contributed by atoms with van der Waals surface area (Å²) in [6.45, 7) is 0. The van der Waals surface area contributed by atoms with Crippen LogP contribution >= 0.6 is 0 Å². The molecule has 3 heteroatoms. The van der Waals surface area contributed by atoms with E-state index < -0.39 is 9.84 Å². The standard InChI is InChI=1S/C10H11O2S/c11-13(12,8-9-6-7-9)10-4-2-1-3-5-10/h1-2,4-5,9H,6-8H2. The molecule has 13 heavy (non-hydrogen) atoms. The maximum Gasteiger partial charge on any atom is 0.178 e. The second kappa shape index (κ2) is 3.14. The summed E-state index contributed by atoms with van der Waals surface area (Å²) in [7, 11) is -3.03. The molecule has 1 fully saturated rings. The van der Waals surface area contributed by atoms with Crippen LogP contribution in [0.4, 0.5) is 0 Å². The minimum absolute atomic E-state index is 0.310. The summed E-state index contributed by atoms with van der Waals surface area (Å²) >= 11 is 0. The zero-order valence-corrected chi connectivity index (χ0v) is 8.05. The Morgan fingerprint density at radius 1 is 1.46 bits per heavy atom. The van der Waals surface area contributed by atoms with E-state index in [4.69, 9.17) is 0 Å². The van der Waals surface area contributed by atoms with Crippen molar-refractivity contribution in [2.75, 3.05) is 5.75 Å². The Balaban J connectivity index is 2.23. The van der Waals surface area contributed by atoms with Crippen LogP contribution in [0.5, 0.6) is 0 Å². The van der Waals surface area contributed by atoms with Crippen LogP contribution in [0, 0.1) is 12.0 Å². The highest BCUT2D eigenvalue weighted by molar-refractivity contribution is 7.91. The lowest BCUT2D eigenvalue weighted by Crippen LogP contribution is -2.07. The van der Waals surface area contributed by atoms with Crippen molar-refractivity contribution >= 4 is 9.84 Å². The molecule has 0 saturated heterocycles. The average molecular weight is 195 g/mol. The lowest BCUT2D eigenvalue weighted by atomic mass is 10.4. The minimum atomic E-state index is -3.03. The van der Waals surface area contributed by atoms with Gasteiger partial charge in [-0.25, -0.2) is 8.42 Å². The van der Waals surface area contributed by atoms with E-state index in [1.54, 1.807) is 18.2 Å². The number of hydrogen-bond donors (Lipinski definition) is 0. The summed E-state index contributed by atoms with van der Waals surface area (Å²) < 4.78 is 23.3. The van der Waals surface area contributed by atoms with E-state index in [0.29, 0.717) is 16.6 Å². The van der Waals surface area contributed by atoms with Crippen molar-refractivity contribution in [3.05, 3.63) is 30.3 Å². The Morgan fingerprint density at radius 3 is 2.77 bits per heavy atom. The van der Waals surface area contributed by atoms with Crippen LogP contribution < -0.4 is 0 Å². The molecule has 0 aliphatic heterocycles. The molecule has 1 saturated carbocycles. The van der Waals surface area contributed by atoms with E-state index in [0.717, 1.165) is 12.8 Å². The normalized spacial score (nSPS) is 17.2. The predicted octanol–water partition coefficient (Wildman–Crippen LogP) is 1.67. The first-order chi connectivity index (χ1) is 6.18. The van der Waals surface area contributed by atoms with Gasteiger partial charge in [-0.3, -0.25) is 0 Å². The number of sulfone groups is 1. The highest BCUT2D eigenvalue weighted by Crippen LogP contribution is 2.32. The summed E-state index contributed by atoms with van der Waals surface area (Å²) in [4.78, 5) is 0.405. The highest BCUT2D eigenvalue weighted by Gasteiger charge is 2.28. The van der Waals surface area contributed by atoms with Gasteiger partial charge >= 0.3 is 0 Å². The molecule has 1 radical (unpaired) electrons. The fourth-order valence-corrected chi connectivity index (χ4v) is 2.94. The van der Waals surface area contributed by atoms with Crippen molar-refractivity contribution in [1.82, 2.24) is 0 Å². The monoisotopic (exact) mass is 195 g/mol. The zero-order chi connectivity index (χ0) is 9.31. The smallest absolute Gasteiger partial charge is 0.178 e. The number of rotatable bonds is 3. The topological polar surface area (TPSA) is 34.1 Å². The molecule has 1 aromatic carbocycles.